The van der Waals surface area contributed by atoms with Crippen molar-refractivity contribution < 1.29 is 14.4 Å². The van der Waals surface area contributed by atoms with E-state index in [9.17, 15) is 4.79 Å². The number of likely N-dealkylation sites (tertiary alicyclic amines) is 1. The number of hydroxylamine groups is 1. The van der Waals surface area contributed by atoms with E-state index in [0.29, 0.717) is 35.4 Å². The Kier molecular flexibility index (Phi) is 9.24. The van der Waals surface area contributed by atoms with Crippen molar-refractivity contribution in [1.82, 2.24) is 25.9 Å². The fourth-order valence-electron chi connectivity index (χ4n) is 8.25. The minimum Gasteiger partial charge on any atom is -0.379 e. The Bertz CT molecular complexity index is 755. The molecule has 4 saturated heterocycles. The van der Waals surface area contributed by atoms with E-state index < -0.39 is 0 Å². The van der Waals surface area contributed by atoms with Gasteiger partial charge in [0.1, 0.15) is 6.23 Å². The average molecular weight is 532 g/mol. The maximum absolute atomic E-state index is 12.7. The molecule has 216 valence electrons. The van der Waals surface area contributed by atoms with Crippen LogP contribution in [0.15, 0.2) is 0 Å². The number of piperidine rings is 2. The van der Waals surface area contributed by atoms with Crippen molar-refractivity contribution >= 4 is 5.91 Å². The van der Waals surface area contributed by atoms with Gasteiger partial charge >= 0.3 is 0 Å². The lowest BCUT2D eigenvalue weighted by atomic mass is 9.67. The highest BCUT2D eigenvalue weighted by molar-refractivity contribution is 5.79. The number of hydrogen-bond donors (Lipinski definition) is 3. The van der Waals surface area contributed by atoms with Gasteiger partial charge in [-0.05, 0) is 62.7 Å². The van der Waals surface area contributed by atoms with Crippen molar-refractivity contribution in [3.05, 3.63) is 0 Å². The van der Waals surface area contributed by atoms with Gasteiger partial charge in [-0.3, -0.25) is 25.2 Å². The molecule has 8 heteroatoms. The van der Waals surface area contributed by atoms with Crippen LogP contribution in [0.4, 0.5) is 0 Å². The lowest BCUT2D eigenvalue weighted by molar-refractivity contribution is -0.139. The quantitative estimate of drug-likeness (QED) is 0.510. The predicted octanol–water partition coefficient (Wildman–Crippen LogP) is 3.72. The average Bonchev–Trinajstić information content (AvgIpc) is 3.42. The van der Waals surface area contributed by atoms with Crippen LogP contribution < -0.4 is 16.1 Å². The van der Waals surface area contributed by atoms with Crippen molar-refractivity contribution in [1.29, 1.82) is 0 Å². The van der Waals surface area contributed by atoms with Gasteiger partial charge in [-0.2, -0.15) is 5.48 Å². The molecule has 1 spiro atoms. The van der Waals surface area contributed by atoms with Gasteiger partial charge in [0.2, 0.25) is 5.91 Å². The van der Waals surface area contributed by atoms with Gasteiger partial charge in [-0.1, -0.05) is 51.4 Å². The smallest absolute Gasteiger partial charge is 0.225 e. The van der Waals surface area contributed by atoms with Gasteiger partial charge < -0.3 is 9.64 Å². The molecule has 0 aromatic heterocycles. The molecule has 0 aromatic rings. The lowest BCUT2D eigenvalue weighted by Crippen LogP contribution is -2.63. The third-order valence-electron chi connectivity index (χ3n) is 10.9. The number of rotatable bonds is 4. The predicted molar refractivity (Wildman–Crippen MR) is 148 cm³/mol. The van der Waals surface area contributed by atoms with Crippen molar-refractivity contribution in [2.45, 2.75) is 127 Å². The van der Waals surface area contributed by atoms with Crippen LogP contribution in [0.5, 0.6) is 0 Å². The molecule has 1 amide bonds. The molecule has 2 aliphatic carbocycles. The van der Waals surface area contributed by atoms with Gasteiger partial charge in [-0.15, -0.1) is 0 Å². The van der Waals surface area contributed by atoms with Crippen LogP contribution in [-0.2, 0) is 14.4 Å². The summed E-state index contributed by atoms with van der Waals surface area (Å²) in [4.78, 5) is 23.8. The molecule has 6 rings (SSSR count). The molecule has 4 heterocycles. The van der Waals surface area contributed by atoms with Crippen LogP contribution in [0.25, 0.3) is 0 Å². The molecule has 3 N–H and O–H groups in total. The maximum atomic E-state index is 12.7. The van der Waals surface area contributed by atoms with E-state index in [4.69, 9.17) is 9.57 Å². The number of hydrogen-bond acceptors (Lipinski definition) is 7. The third-order valence-corrected chi connectivity index (χ3v) is 10.9. The zero-order valence-electron chi connectivity index (χ0n) is 23.6. The number of nitrogens with zero attached hydrogens (tertiary/aromatic N) is 2. The summed E-state index contributed by atoms with van der Waals surface area (Å²) in [5, 5.41) is 7.93. The second-order valence-electron chi connectivity index (χ2n) is 13.4. The molecule has 6 fully saturated rings. The Morgan fingerprint density at radius 2 is 1.45 bits per heavy atom. The summed E-state index contributed by atoms with van der Waals surface area (Å²) in [5.41, 5.74) is 3.81. The fourth-order valence-corrected chi connectivity index (χ4v) is 8.25. The van der Waals surface area contributed by atoms with Gasteiger partial charge in [0.05, 0.1) is 31.6 Å². The monoisotopic (exact) mass is 531 g/mol. The van der Waals surface area contributed by atoms with Gasteiger partial charge in [0.25, 0.3) is 0 Å². The van der Waals surface area contributed by atoms with E-state index in [1.807, 2.05) is 0 Å². The van der Waals surface area contributed by atoms with Gasteiger partial charge in [-0.25, -0.2) is 0 Å². The van der Waals surface area contributed by atoms with E-state index in [-0.39, 0.29) is 12.4 Å². The minimum absolute atomic E-state index is 0.00856. The normalized spacial score (nSPS) is 36.7. The number of carbonyl (C=O) groups excluding carboxylic acids is 1. The van der Waals surface area contributed by atoms with Crippen LogP contribution >= 0.6 is 0 Å². The van der Waals surface area contributed by atoms with Crippen molar-refractivity contribution in [3.63, 3.8) is 0 Å². The molecular formula is C30H53N5O3. The first-order valence-corrected chi connectivity index (χ1v) is 16.2. The fraction of sp³-hybridized carbons (Fsp3) is 0.967. The van der Waals surface area contributed by atoms with Crippen molar-refractivity contribution in [3.8, 4) is 0 Å². The largest absolute Gasteiger partial charge is 0.379 e. The first-order chi connectivity index (χ1) is 18.7. The minimum atomic E-state index is -0.00856. The highest BCUT2D eigenvalue weighted by Crippen LogP contribution is 2.45. The molecule has 6 aliphatic rings. The Morgan fingerprint density at radius 1 is 0.763 bits per heavy atom. The first-order valence-electron chi connectivity index (χ1n) is 16.2. The highest BCUT2D eigenvalue weighted by Gasteiger charge is 2.47. The summed E-state index contributed by atoms with van der Waals surface area (Å²) < 4.78 is 5.71. The summed E-state index contributed by atoms with van der Waals surface area (Å²) in [6.45, 7) is 5.54. The van der Waals surface area contributed by atoms with Gasteiger partial charge in [0, 0.05) is 32.1 Å². The molecule has 4 atom stereocenters. The molecule has 4 unspecified atom stereocenters. The Hall–Kier alpha value is -0.770. The molecule has 38 heavy (non-hydrogen) atoms. The lowest BCUT2D eigenvalue weighted by Gasteiger charge is -2.50. The Balaban J connectivity index is 1.08. The van der Waals surface area contributed by atoms with Crippen molar-refractivity contribution in [2.24, 2.45) is 17.3 Å². The number of morpholine rings is 1. The maximum Gasteiger partial charge on any atom is 0.225 e. The van der Waals surface area contributed by atoms with Crippen LogP contribution in [0.3, 0.4) is 0 Å². The molecule has 8 nitrogen and oxygen atoms in total. The second-order valence-corrected chi connectivity index (χ2v) is 13.4. The zero-order chi connectivity index (χ0) is 25.8. The summed E-state index contributed by atoms with van der Waals surface area (Å²) in [5.74, 6) is 1.23. The highest BCUT2D eigenvalue weighted by atomic mass is 16.7. The number of nitrogens with one attached hydrogen (secondary N) is 3. The van der Waals surface area contributed by atoms with Crippen molar-refractivity contribution in [2.75, 3.05) is 39.4 Å². The summed E-state index contributed by atoms with van der Waals surface area (Å²) >= 11 is 0. The van der Waals surface area contributed by atoms with E-state index in [2.05, 4.69) is 25.9 Å². The molecule has 0 radical (unpaired) electrons. The van der Waals surface area contributed by atoms with Crippen LogP contribution in [0, 0.1) is 17.3 Å². The van der Waals surface area contributed by atoms with E-state index in [0.717, 1.165) is 65.1 Å². The standard InChI is InChI=1S/C30H53N5O3/c36-29(24-9-8-10-24)35-15-11-23(12-16-35)27-32-28(38-33-27)25-21-30(13-6-4-2-1-3-5-7-14-30)22-26(31-25)34-17-19-37-20-18-34/h23-28,31-33H,1-22H2. The number of amides is 1. The number of carbonyl (C=O) groups is 1. The van der Waals surface area contributed by atoms with E-state index in [1.165, 1.54) is 77.0 Å². The Morgan fingerprint density at radius 3 is 2.11 bits per heavy atom. The molecule has 0 aromatic carbocycles. The molecule has 0 bridgehead atoms. The topological polar surface area (TPSA) is 78.1 Å². The van der Waals surface area contributed by atoms with Gasteiger partial charge in [0.15, 0.2) is 0 Å². The van der Waals surface area contributed by atoms with Crippen LogP contribution in [-0.4, -0.2) is 79.7 Å². The van der Waals surface area contributed by atoms with Crippen LogP contribution in [0.1, 0.15) is 103 Å². The molecule has 2 saturated carbocycles. The second kappa shape index (κ2) is 12.8. The summed E-state index contributed by atoms with van der Waals surface area (Å²) in [7, 11) is 0. The van der Waals surface area contributed by atoms with E-state index in [1.54, 1.807) is 0 Å². The third kappa shape index (κ3) is 6.41. The summed E-state index contributed by atoms with van der Waals surface area (Å²) in [6.07, 6.45) is 21.1. The summed E-state index contributed by atoms with van der Waals surface area (Å²) in [6, 6.07) is 0.303. The first kappa shape index (κ1) is 27.4. The SMILES string of the molecule is O=C(C1CCC1)N1CCC(C2NOC(C3CC4(CCCCCCCCC4)CC(N4CCOCC4)N3)N2)CC1. The van der Waals surface area contributed by atoms with Crippen LogP contribution in [0.2, 0.25) is 0 Å². The molecular weight excluding hydrogens is 478 g/mol. The zero-order valence-corrected chi connectivity index (χ0v) is 23.6. The molecule has 4 aliphatic heterocycles. The number of ether oxygens (including phenoxy) is 1. The Labute approximate surface area is 230 Å². The van der Waals surface area contributed by atoms with E-state index >= 15 is 0 Å².